The van der Waals surface area contributed by atoms with Gasteiger partial charge in [0.25, 0.3) is 0 Å². The van der Waals surface area contributed by atoms with Crippen LogP contribution in [-0.4, -0.2) is 64.4 Å². The van der Waals surface area contributed by atoms with Gasteiger partial charge in [-0.2, -0.15) is 9.61 Å². The van der Waals surface area contributed by atoms with Crippen molar-refractivity contribution in [3.63, 3.8) is 0 Å². The maximum absolute atomic E-state index is 12.4. The molecule has 0 aliphatic carbocycles. The van der Waals surface area contributed by atoms with Crippen LogP contribution in [0.2, 0.25) is 0 Å². The molecule has 1 fully saturated rings. The van der Waals surface area contributed by atoms with E-state index in [-0.39, 0.29) is 17.3 Å². The molecule has 1 aromatic carbocycles. The second-order valence-corrected chi connectivity index (χ2v) is 10.0. The van der Waals surface area contributed by atoms with Crippen LogP contribution in [0.1, 0.15) is 25.1 Å². The lowest BCUT2D eigenvalue weighted by atomic mass is 10.1. The van der Waals surface area contributed by atoms with Crippen LogP contribution in [0.25, 0.3) is 5.65 Å². The molecule has 3 aromatic rings. The summed E-state index contributed by atoms with van der Waals surface area (Å²) in [5.74, 6) is 1.02. The summed E-state index contributed by atoms with van der Waals surface area (Å²) >= 11 is 1.38. The SMILES string of the molecule is O=C(CSc1ccc2nnc(CCNS(=O)(=O)c3ccccc3)n2n1)N1CCCCC1. The Hall–Kier alpha value is -2.50. The minimum Gasteiger partial charge on any atom is -0.342 e. The molecule has 1 aliphatic heterocycles. The second-order valence-electron chi connectivity index (χ2n) is 7.25. The summed E-state index contributed by atoms with van der Waals surface area (Å²) in [5.41, 5.74) is 0.577. The van der Waals surface area contributed by atoms with Crippen LogP contribution in [-0.2, 0) is 21.2 Å². The van der Waals surface area contributed by atoms with Crippen LogP contribution in [0, 0.1) is 0 Å². The summed E-state index contributed by atoms with van der Waals surface area (Å²) in [7, 11) is -3.58. The van der Waals surface area contributed by atoms with Gasteiger partial charge in [0.2, 0.25) is 15.9 Å². The zero-order chi connectivity index (χ0) is 21.7. The number of carbonyl (C=O) groups is 1. The number of aromatic nitrogens is 4. The van der Waals surface area contributed by atoms with E-state index in [1.54, 1.807) is 40.9 Å². The largest absolute Gasteiger partial charge is 0.342 e. The van der Waals surface area contributed by atoms with Crippen molar-refractivity contribution in [3.05, 3.63) is 48.3 Å². The van der Waals surface area contributed by atoms with Gasteiger partial charge in [-0.15, -0.1) is 10.2 Å². The van der Waals surface area contributed by atoms with Crippen molar-refractivity contribution in [2.24, 2.45) is 0 Å². The third-order valence-corrected chi connectivity index (χ3v) is 7.43. The van der Waals surface area contributed by atoms with Crippen molar-refractivity contribution in [2.75, 3.05) is 25.4 Å². The van der Waals surface area contributed by atoms with Crippen molar-refractivity contribution >= 4 is 33.3 Å². The fourth-order valence-electron chi connectivity index (χ4n) is 3.40. The molecule has 3 heterocycles. The Kier molecular flexibility index (Phi) is 6.83. The monoisotopic (exact) mass is 460 g/mol. The van der Waals surface area contributed by atoms with E-state index in [1.807, 2.05) is 11.0 Å². The van der Waals surface area contributed by atoms with Gasteiger partial charge in [0.05, 0.1) is 10.6 Å². The number of amides is 1. The number of piperidine rings is 1. The molecule has 0 atom stereocenters. The highest BCUT2D eigenvalue weighted by atomic mass is 32.2. The summed E-state index contributed by atoms with van der Waals surface area (Å²) in [4.78, 5) is 14.5. The Labute approximate surface area is 185 Å². The third-order valence-electron chi connectivity index (χ3n) is 5.05. The highest BCUT2D eigenvalue weighted by Gasteiger charge is 2.17. The molecule has 164 valence electrons. The summed E-state index contributed by atoms with van der Waals surface area (Å²) in [6.45, 7) is 1.84. The normalized spacial score (nSPS) is 14.8. The van der Waals surface area contributed by atoms with E-state index in [4.69, 9.17) is 0 Å². The Morgan fingerprint density at radius 3 is 2.58 bits per heavy atom. The number of fused-ring (bicyclic) bond motifs is 1. The molecular weight excluding hydrogens is 436 g/mol. The van der Waals surface area contributed by atoms with Crippen LogP contribution in [0.4, 0.5) is 0 Å². The standard InChI is InChI=1S/C20H24N6O3S2/c27-20(25-13-5-2-6-14-25)15-30-19-10-9-17-22-23-18(26(17)24-19)11-12-21-31(28,29)16-7-3-1-4-8-16/h1,3-4,7-10,21H,2,5-6,11-15H2. The summed E-state index contributed by atoms with van der Waals surface area (Å²) in [5, 5.41) is 13.4. The minimum atomic E-state index is -3.58. The number of likely N-dealkylation sites (tertiary alicyclic amines) is 1. The number of nitrogens with zero attached hydrogens (tertiary/aromatic N) is 5. The van der Waals surface area contributed by atoms with E-state index in [1.165, 1.54) is 18.2 Å². The zero-order valence-electron chi connectivity index (χ0n) is 17.0. The lowest BCUT2D eigenvalue weighted by Crippen LogP contribution is -2.36. The average molecular weight is 461 g/mol. The van der Waals surface area contributed by atoms with Gasteiger partial charge in [0.15, 0.2) is 11.5 Å². The number of nitrogens with one attached hydrogen (secondary N) is 1. The number of thioether (sulfide) groups is 1. The van der Waals surface area contributed by atoms with E-state index in [0.29, 0.717) is 28.7 Å². The van der Waals surface area contributed by atoms with E-state index in [0.717, 1.165) is 25.9 Å². The maximum atomic E-state index is 12.4. The lowest BCUT2D eigenvalue weighted by Gasteiger charge is -2.26. The first-order valence-electron chi connectivity index (χ1n) is 10.2. The Balaban J connectivity index is 1.37. The molecule has 0 radical (unpaired) electrons. The van der Waals surface area contributed by atoms with Crippen LogP contribution in [0.5, 0.6) is 0 Å². The molecule has 0 bridgehead atoms. The second kappa shape index (κ2) is 9.75. The van der Waals surface area contributed by atoms with Crippen LogP contribution in [0.3, 0.4) is 0 Å². The van der Waals surface area contributed by atoms with E-state index >= 15 is 0 Å². The molecule has 4 rings (SSSR count). The van der Waals surface area contributed by atoms with Crippen LogP contribution >= 0.6 is 11.8 Å². The quantitative estimate of drug-likeness (QED) is 0.510. The number of hydrogen-bond donors (Lipinski definition) is 1. The van der Waals surface area contributed by atoms with E-state index in [9.17, 15) is 13.2 Å². The van der Waals surface area contributed by atoms with Gasteiger partial charge in [-0.1, -0.05) is 30.0 Å². The first-order valence-corrected chi connectivity index (χ1v) is 12.7. The smallest absolute Gasteiger partial charge is 0.240 e. The number of rotatable bonds is 8. The van der Waals surface area contributed by atoms with Crippen molar-refractivity contribution in [3.8, 4) is 0 Å². The molecule has 1 aliphatic rings. The van der Waals surface area contributed by atoms with Gasteiger partial charge in [-0.05, 0) is 43.5 Å². The number of hydrogen-bond acceptors (Lipinski definition) is 7. The number of carbonyl (C=O) groups excluding carboxylic acids is 1. The Morgan fingerprint density at radius 2 is 1.81 bits per heavy atom. The molecule has 1 N–H and O–H groups in total. The summed E-state index contributed by atoms with van der Waals surface area (Å²) in [6, 6.07) is 11.8. The third kappa shape index (κ3) is 5.41. The molecule has 31 heavy (non-hydrogen) atoms. The van der Waals surface area contributed by atoms with Crippen molar-refractivity contribution in [1.82, 2.24) is 29.4 Å². The summed E-state index contributed by atoms with van der Waals surface area (Å²) in [6.07, 6.45) is 3.66. The highest BCUT2D eigenvalue weighted by Crippen LogP contribution is 2.18. The highest BCUT2D eigenvalue weighted by molar-refractivity contribution is 7.99. The molecule has 0 spiro atoms. The first-order chi connectivity index (χ1) is 15.0. The van der Waals surface area contributed by atoms with Gasteiger partial charge in [-0.3, -0.25) is 4.79 Å². The van der Waals surface area contributed by atoms with E-state index < -0.39 is 10.0 Å². The number of benzene rings is 1. The van der Waals surface area contributed by atoms with Crippen LogP contribution < -0.4 is 4.72 Å². The Bertz CT molecular complexity index is 1140. The van der Waals surface area contributed by atoms with E-state index in [2.05, 4.69) is 20.0 Å². The average Bonchev–Trinajstić information content (AvgIpc) is 3.21. The zero-order valence-corrected chi connectivity index (χ0v) is 18.6. The topological polar surface area (TPSA) is 110 Å². The molecule has 2 aromatic heterocycles. The fraction of sp³-hybridized carbons (Fsp3) is 0.400. The van der Waals surface area contributed by atoms with Crippen molar-refractivity contribution in [1.29, 1.82) is 0 Å². The molecule has 1 amide bonds. The van der Waals surface area contributed by atoms with Gasteiger partial charge in [-0.25, -0.2) is 13.1 Å². The summed E-state index contributed by atoms with van der Waals surface area (Å²) < 4.78 is 28.9. The lowest BCUT2D eigenvalue weighted by molar-refractivity contribution is -0.129. The van der Waals surface area contributed by atoms with Crippen molar-refractivity contribution in [2.45, 2.75) is 35.6 Å². The Morgan fingerprint density at radius 1 is 1.03 bits per heavy atom. The number of sulfonamides is 1. The molecule has 11 heteroatoms. The molecule has 0 saturated carbocycles. The molecule has 1 saturated heterocycles. The van der Waals surface area contributed by atoms with Gasteiger partial charge in [0, 0.05) is 26.1 Å². The van der Waals surface area contributed by atoms with Gasteiger partial charge >= 0.3 is 0 Å². The van der Waals surface area contributed by atoms with Crippen LogP contribution in [0.15, 0.2) is 52.4 Å². The minimum absolute atomic E-state index is 0.130. The molecular formula is C20H24N6O3S2. The first kappa shape index (κ1) is 21.7. The van der Waals surface area contributed by atoms with Gasteiger partial charge in [0.1, 0.15) is 5.03 Å². The van der Waals surface area contributed by atoms with Crippen molar-refractivity contribution < 1.29 is 13.2 Å². The molecule has 0 unspecified atom stereocenters. The predicted octanol–water partition coefficient (Wildman–Crippen LogP) is 1.75. The fourth-order valence-corrected chi connectivity index (χ4v) is 5.21. The molecule has 9 nitrogen and oxygen atoms in total. The predicted molar refractivity (Wildman–Crippen MR) is 117 cm³/mol. The maximum Gasteiger partial charge on any atom is 0.240 e. The van der Waals surface area contributed by atoms with Gasteiger partial charge < -0.3 is 4.90 Å².